The Bertz CT molecular complexity index is 344. The molecule has 1 aromatic rings. The molecule has 2 rings (SSSR count). The minimum Gasteiger partial charge on any atom is -0.493 e. The van der Waals surface area contributed by atoms with Gasteiger partial charge in [0.2, 0.25) is 0 Å². The van der Waals surface area contributed by atoms with Crippen LogP contribution in [0, 0.1) is 0 Å². The summed E-state index contributed by atoms with van der Waals surface area (Å²) in [5.74, 6) is 1.60. The van der Waals surface area contributed by atoms with Crippen molar-refractivity contribution in [3.8, 4) is 5.75 Å². The Morgan fingerprint density at radius 3 is 2.93 bits per heavy atom. The minimum atomic E-state index is 0.218. The van der Waals surface area contributed by atoms with E-state index < -0.39 is 0 Å². The largest absolute Gasteiger partial charge is 0.493 e. The summed E-state index contributed by atoms with van der Waals surface area (Å²) in [6, 6.07) is 6.24. The maximum Gasteiger partial charge on any atom is 0.123 e. The van der Waals surface area contributed by atoms with Crippen LogP contribution in [0.25, 0.3) is 0 Å². The zero-order chi connectivity index (χ0) is 10.2. The molecule has 0 spiro atoms. The Balaban J connectivity index is 2.49. The Kier molecular flexibility index (Phi) is 2.44. The van der Waals surface area contributed by atoms with Crippen LogP contribution in [0.4, 0.5) is 0 Å². The maximum atomic E-state index is 5.82. The third-order valence-corrected chi connectivity index (χ3v) is 3.22. The average Bonchev–Trinajstić information content (AvgIpc) is 2.17. The molecule has 2 heteroatoms. The first-order valence-electron chi connectivity index (χ1n) is 4.96. The summed E-state index contributed by atoms with van der Waals surface area (Å²) in [5, 5.41) is 0. The van der Waals surface area contributed by atoms with Gasteiger partial charge in [0, 0.05) is 11.4 Å². The van der Waals surface area contributed by atoms with Gasteiger partial charge in [0.15, 0.2) is 0 Å². The molecule has 1 aliphatic rings. The van der Waals surface area contributed by atoms with Crippen molar-refractivity contribution in [3.05, 3.63) is 29.3 Å². The number of benzene rings is 1. The van der Waals surface area contributed by atoms with Gasteiger partial charge in [-0.2, -0.15) is 0 Å². The van der Waals surface area contributed by atoms with E-state index >= 15 is 0 Å². The molecule has 0 radical (unpaired) electrons. The van der Waals surface area contributed by atoms with Crippen LogP contribution in [-0.2, 0) is 11.3 Å². The minimum absolute atomic E-state index is 0.218. The predicted molar refractivity (Wildman–Crippen MR) is 59.1 cm³/mol. The summed E-state index contributed by atoms with van der Waals surface area (Å²) >= 11 is 5.82. The standard InChI is InChI=1S/C12H15ClO/c1-12(2)5-6-14-11-4-3-9(8-13)7-10(11)12/h3-4,7H,5-6,8H2,1-2H3. The normalized spacial score (nSPS) is 18.5. The van der Waals surface area contributed by atoms with E-state index in [2.05, 4.69) is 19.9 Å². The molecule has 1 aliphatic heterocycles. The summed E-state index contributed by atoms with van der Waals surface area (Å²) in [7, 11) is 0. The molecule has 0 amide bonds. The highest BCUT2D eigenvalue weighted by Crippen LogP contribution is 2.38. The third-order valence-electron chi connectivity index (χ3n) is 2.91. The molecule has 1 heterocycles. The summed E-state index contributed by atoms with van der Waals surface area (Å²) in [6.07, 6.45) is 1.08. The SMILES string of the molecule is CC1(C)CCOc2ccc(CCl)cc21. The molecule has 0 aromatic heterocycles. The molecule has 0 unspecified atom stereocenters. The first-order valence-corrected chi connectivity index (χ1v) is 5.49. The van der Waals surface area contributed by atoms with Crippen LogP contribution in [0.1, 0.15) is 31.4 Å². The number of alkyl halides is 1. The van der Waals surface area contributed by atoms with Crippen LogP contribution >= 0.6 is 11.6 Å². The van der Waals surface area contributed by atoms with E-state index in [1.807, 2.05) is 12.1 Å². The van der Waals surface area contributed by atoms with Gasteiger partial charge in [-0.3, -0.25) is 0 Å². The molecule has 0 N–H and O–H groups in total. The first-order chi connectivity index (χ1) is 6.63. The summed E-state index contributed by atoms with van der Waals surface area (Å²) < 4.78 is 5.62. The molecule has 14 heavy (non-hydrogen) atoms. The van der Waals surface area contributed by atoms with Crippen molar-refractivity contribution >= 4 is 11.6 Å². The Hall–Kier alpha value is -0.690. The van der Waals surface area contributed by atoms with Crippen LogP contribution in [0.5, 0.6) is 5.75 Å². The number of fused-ring (bicyclic) bond motifs is 1. The second-order valence-corrected chi connectivity index (χ2v) is 4.71. The molecule has 1 nitrogen and oxygen atoms in total. The predicted octanol–water partition coefficient (Wildman–Crippen LogP) is 3.49. The van der Waals surface area contributed by atoms with Crippen LogP contribution in [0.15, 0.2) is 18.2 Å². The fraction of sp³-hybridized carbons (Fsp3) is 0.500. The highest BCUT2D eigenvalue weighted by atomic mass is 35.5. The van der Waals surface area contributed by atoms with Crippen LogP contribution in [0.3, 0.4) is 0 Å². The molecular weight excluding hydrogens is 196 g/mol. The third kappa shape index (κ3) is 1.61. The van der Waals surface area contributed by atoms with Gasteiger partial charge in [-0.1, -0.05) is 26.0 Å². The second kappa shape index (κ2) is 3.47. The molecule has 0 saturated heterocycles. The first kappa shape index (κ1) is 9.85. The van der Waals surface area contributed by atoms with Gasteiger partial charge in [-0.15, -0.1) is 11.6 Å². The van der Waals surface area contributed by atoms with Gasteiger partial charge in [-0.25, -0.2) is 0 Å². The topological polar surface area (TPSA) is 9.23 Å². The van der Waals surface area contributed by atoms with Crippen LogP contribution in [0.2, 0.25) is 0 Å². The van der Waals surface area contributed by atoms with Gasteiger partial charge >= 0.3 is 0 Å². The summed E-state index contributed by atoms with van der Waals surface area (Å²) in [5.41, 5.74) is 2.68. The zero-order valence-corrected chi connectivity index (χ0v) is 9.40. The molecule has 0 fully saturated rings. The fourth-order valence-electron chi connectivity index (χ4n) is 1.87. The number of halogens is 1. The lowest BCUT2D eigenvalue weighted by molar-refractivity contribution is 0.234. The van der Waals surface area contributed by atoms with E-state index in [1.54, 1.807) is 0 Å². The van der Waals surface area contributed by atoms with Gasteiger partial charge in [-0.05, 0) is 23.5 Å². The summed E-state index contributed by atoms with van der Waals surface area (Å²) in [4.78, 5) is 0. The zero-order valence-electron chi connectivity index (χ0n) is 8.64. The van der Waals surface area contributed by atoms with Crippen molar-refractivity contribution in [1.29, 1.82) is 0 Å². The van der Waals surface area contributed by atoms with E-state index in [4.69, 9.17) is 16.3 Å². The molecule has 0 bridgehead atoms. The molecule has 0 atom stereocenters. The van der Waals surface area contributed by atoms with E-state index in [0.29, 0.717) is 5.88 Å². The summed E-state index contributed by atoms with van der Waals surface area (Å²) in [6.45, 7) is 5.33. The molecular formula is C12H15ClO. The maximum absolute atomic E-state index is 5.82. The van der Waals surface area contributed by atoms with E-state index in [9.17, 15) is 0 Å². The van der Waals surface area contributed by atoms with Crippen molar-refractivity contribution in [3.63, 3.8) is 0 Å². The van der Waals surface area contributed by atoms with Crippen molar-refractivity contribution in [2.45, 2.75) is 31.6 Å². The van der Waals surface area contributed by atoms with E-state index in [1.165, 1.54) is 11.1 Å². The van der Waals surface area contributed by atoms with E-state index in [0.717, 1.165) is 18.8 Å². The molecule has 1 aromatic carbocycles. The number of hydrogen-bond acceptors (Lipinski definition) is 1. The molecule has 76 valence electrons. The average molecular weight is 211 g/mol. The van der Waals surface area contributed by atoms with E-state index in [-0.39, 0.29) is 5.41 Å². The monoisotopic (exact) mass is 210 g/mol. The molecule has 0 aliphatic carbocycles. The van der Waals surface area contributed by atoms with Crippen LogP contribution < -0.4 is 4.74 Å². The van der Waals surface area contributed by atoms with Gasteiger partial charge in [0.1, 0.15) is 5.75 Å². The van der Waals surface area contributed by atoms with Crippen molar-refractivity contribution in [1.82, 2.24) is 0 Å². The van der Waals surface area contributed by atoms with Gasteiger partial charge in [0.25, 0.3) is 0 Å². The fourth-order valence-corrected chi connectivity index (χ4v) is 2.03. The lowest BCUT2D eigenvalue weighted by Crippen LogP contribution is -2.26. The van der Waals surface area contributed by atoms with Crippen LogP contribution in [-0.4, -0.2) is 6.61 Å². The lowest BCUT2D eigenvalue weighted by atomic mass is 9.79. The highest BCUT2D eigenvalue weighted by Gasteiger charge is 2.28. The van der Waals surface area contributed by atoms with Crippen molar-refractivity contribution in [2.75, 3.05) is 6.61 Å². The van der Waals surface area contributed by atoms with Crippen molar-refractivity contribution < 1.29 is 4.74 Å². The number of hydrogen-bond donors (Lipinski definition) is 0. The second-order valence-electron chi connectivity index (χ2n) is 4.45. The van der Waals surface area contributed by atoms with Gasteiger partial charge in [0.05, 0.1) is 6.61 Å². The smallest absolute Gasteiger partial charge is 0.123 e. The number of ether oxygens (including phenoxy) is 1. The molecule has 0 saturated carbocycles. The Morgan fingerprint density at radius 2 is 2.21 bits per heavy atom. The lowest BCUT2D eigenvalue weighted by Gasteiger charge is -2.32. The highest BCUT2D eigenvalue weighted by molar-refractivity contribution is 6.17. The Morgan fingerprint density at radius 1 is 1.43 bits per heavy atom. The quantitative estimate of drug-likeness (QED) is 0.645. The van der Waals surface area contributed by atoms with Gasteiger partial charge < -0.3 is 4.74 Å². The Labute approximate surface area is 90.0 Å². The number of rotatable bonds is 1. The van der Waals surface area contributed by atoms with Crippen molar-refractivity contribution in [2.24, 2.45) is 0 Å².